The van der Waals surface area contributed by atoms with E-state index < -0.39 is 0 Å². The van der Waals surface area contributed by atoms with Gasteiger partial charge >= 0.3 is 0 Å². The fourth-order valence-electron chi connectivity index (χ4n) is 2.25. The van der Waals surface area contributed by atoms with Gasteiger partial charge in [-0.05, 0) is 37.1 Å². The van der Waals surface area contributed by atoms with Gasteiger partial charge in [-0.2, -0.15) is 0 Å². The average Bonchev–Trinajstić information content (AvgIpc) is 3.07. The molecule has 2 rings (SSSR count). The van der Waals surface area contributed by atoms with Gasteiger partial charge in [-0.25, -0.2) is 9.67 Å². The molecule has 122 valence electrons. The Morgan fingerprint density at radius 2 is 1.77 bits per heavy atom. The highest BCUT2D eigenvalue weighted by atomic mass is 32.2. The minimum absolute atomic E-state index is 0.763. The lowest BCUT2D eigenvalue weighted by Crippen LogP contribution is -2.06. The van der Waals surface area contributed by atoms with Crippen LogP contribution in [0.15, 0.2) is 5.16 Å². The average molecular weight is 322 g/mol. The van der Waals surface area contributed by atoms with Gasteiger partial charge in [0.1, 0.15) is 0 Å². The van der Waals surface area contributed by atoms with Crippen LogP contribution >= 0.6 is 11.8 Å². The normalized spacial score (nSPS) is 11.3. The van der Waals surface area contributed by atoms with Gasteiger partial charge in [0.25, 0.3) is 0 Å². The highest BCUT2D eigenvalue weighted by molar-refractivity contribution is 7.98. The van der Waals surface area contributed by atoms with E-state index in [1.807, 2.05) is 4.68 Å². The van der Waals surface area contributed by atoms with Gasteiger partial charge in [-0.1, -0.05) is 38.5 Å². The van der Waals surface area contributed by atoms with Crippen molar-refractivity contribution in [2.75, 3.05) is 0 Å². The van der Waals surface area contributed by atoms with Crippen molar-refractivity contribution >= 4 is 11.8 Å². The fraction of sp³-hybridized carbons (Fsp3) is 0.733. The zero-order valence-corrected chi connectivity index (χ0v) is 14.9. The van der Waals surface area contributed by atoms with Crippen LogP contribution in [0.5, 0.6) is 0 Å². The minimum Gasteiger partial charge on any atom is -0.323 e. The molecular formula is C15H26N6S. The van der Waals surface area contributed by atoms with Gasteiger partial charge in [0, 0.05) is 18.8 Å². The van der Waals surface area contributed by atoms with E-state index in [2.05, 4.69) is 47.8 Å². The third-order valence-corrected chi connectivity index (χ3v) is 4.79. The highest BCUT2D eigenvalue weighted by Crippen LogP contribution is 2.24. The molecule has 0 aromatic carbocycles. The zero-order valence-electron chi connectivity index (χ0n) is 14.0. The Morgan fingerprint density at radius 1 is 1.05 bits per heavy atom. The van der Waals surface area contributed by atoms with Crippen LogP contribution in [-0.2, 0) is 18.8 Å². The number of unbranched alkanes of at least 4 members (excludes halogenated alkanes) is 2. The van der Waals surface area contributed by atoms with Crippen molar-refractivity contribution in [3.8, 4) is 0 Å². The molecule has 0 saturated heterocycles. The SMILES string of the molecule is CCCCn1nnnc1CSc1nc(C)c(C)n1CCCC. The quantitative estimate of drug-likeness (QED) is 0.662. The van der Waals surface area contributed by atoms with Crippen molar-refractivity contribution < 1.29 is 0 Å². The van der Waals surface area contributed by atoms with E-state index in [1.54, 1.807) is 11.8 Å². The summed E-state index contributed by atoms with van der Waals surface area (Å²) in [6.45, 7) is 10.5. The summed E-state index contributed by atoms with van der Waals surface area (Å²) >= 11 is 1.73. The molecule has 2 aromatic heterocycles. The number of hydrogen-bond donors (Lipinski definition) is 0. The first-order valence-corrected chi connectivity index (χ1v) is 9.07. The lowest BCUT2D eigenvalue weighted by Gasteiger charge is -2.09. The van der Waals surface area contributed by atoms with Crippen LogP contribution in [0.1, 0.15) is 56.7 Å². The number of tetrazole rings is 1. The van der Waals surface area contributed by atoms with E-state index in [0.29, 0.717) is 0 Å². The van der Waals surface area contributed by atoms with Gasteiger partial charge < -0.3 is 4.57 Å². The van der Waals surface area contributed by atoms with E-state index in [0.717, 1.165) is 48.4 Å². The van der Waals surface area contributed by atoms with Gasteiger partial charge in [0.2, 0.25) is 0 Å². The first-order valence-electron chi connectivity index (χ1n) is 8.08. The van der Waals surface area contributed by atoms with E-state index in [1.165, 1.54) is 18.5 Å². The standard InChI is InChI=1S/C15H26N6S/c1-5-7-9-20-13(4)12(3)16-15(20)22-11-14-17-18-19-21(14)10-8-6-2/h5-11H2,1-4H3. The van der Waals surface area contributed by atoms with Gasteiger partial charge in [0.15, 0.2) is 11.0 Å². The Labute approximate surface area is 136 Å². The second kappa shape index (κ2) is 8.31. The number of hydrogen-bond acceptors (Lipinski definition) is 5. The topological polar surface area (TPSA) is 61.4 Å². The van der Waals surface area contributed by atoms with Crippen LogP contribution < -0.4 is 0 Å². The first kappa shape index (κ1) is 17.0. The number of aromatic nitrogens is 6. The molecule has 0 atom stereocenters. The summed E-state index contributed by atoms with van der Waals surface area (Å²) in [7, 11) is 0. The summed E-state index contributed by atoms with van der Waals surface area (Å²) in [5, 5.41) is 13.1. The van der Waals surface area contributed by atoms with Gasteiger partial charge in [0.05, 0.1) is 11.4 Å². The van der Waals surface area contributed by atoms with Gasteiger partial charge in [-0.15, -0.1) is 5.10 Å². The Kier molecular flexibility index (Phi) is 6.42. The molecule has 0 bridgehead atoms. The molecule has 0 fully saturated rings. The molecule has 0 spiro atoms. The number of nitrogens with zero attached hydrogens (tertiary/aromatic N) is 6. The van der Waals surface area contributed by atoms with Gasteiger partial charge in [-0.3, -0.25) is 0 Å². The molecule has 6 nitrogen and oxygen atoms in total. The lowest BCUT2D eigenvalue weighted by atomic mass is 10.3. The zero-order chi connectivity index (χ0) is 15.9. The minimum atomic E-state index is 0.763. The van der Waals surface area contributed by atoms with Crippen molar-refractivity contribution in [3.63, 3.8) is 0 Å². The summed E-state index contributed by atoms with van der Waals surface area (Å²) < 4.78 is 4.24. The Morgan fingerprint density at radius 3 is 2.50 bits per heavy atom. The molecule has 0 N–H and O–H groups in total. The number of imidazole rings is 1. The molecule has 0 amide bonds. The largest absolute Gasteiger partial charge is 0.323 e. The van der Waals surface area contributed by atoms with Crippen molar-refractivity contribution in [1.82, 2.24) is 29.8 Å². The fourth-order valence-corrected chi connectivity index (χ4v) is 3.30. The number of aryl methyl sites for hydroxylation is 2. The number of rotatable bonds is 9. The molecule has 0 unspecified atom stereocenters. The Balaban J connectivity index is 2.05. The second-order valence-corrected chi connectivity index (χ2v) is 6.47. The molecule has 0 radical (unpaired) electrons. The maximum absolute atomic E-state index is 4.70. The summed E-state index contributed by atoms with van der Waals surface area (Å²) in [5.41, 5.74) is 2.38. The maximum Gasteiger partial charge on any atom is 0.168 e. The van der Waals surface area contributed by atoms with Crippen LogP contribution in [0, 0.1) is 13.8 Å². The van der Waals surface area contributed by atoms with Crippen LogP contribution in [0.3, 0.4) is 0 Å². The molecule has 0 aliphatic rings. The molecule has 0 aliphatic heterocycles. The smallest absolute Gasteiger partial charge is 0.168 e. The van der Waals surface area contributed by atoms with E-state index in [4.69, 9.17) is 4.98 Å². The van der Waals surface area contributed by atoms with E-state index in [-0.39, 0.29) is 0 Å². The second-order valence-electron chi connectivity index (χ2n) is 5.53. The molecule has 7 heteroatoms. The van der Waals surface area contributed by atoms with Crippen molar-refractivity contribution in [2.24, 2.45) is 0 Å². The third kappa shape index (κ3) is 4.09. The lowest BCUT2D eigenvalue weighted by molar-refractivity contribution is 0.540. The van der Waals surface area contributed by atoms with Crippen LogP contribution in [0.25, 0.3) is 0 Å². The van der Waals surface area contributed by atoms with Crippen LogP contribution in [0.4, 0.5) is 0 Å². The molecule has 2 aromatic rings. The van der Waals surface area contributed by atoms with Crippen LogP contribution in [-0.4, -0.2) is 29.8 Å². The molecule has 0 saturated carbocycles. The van der Waals surface area contributed by atoms with E-state index in [9.17, 15) is 0 Å². The summed E-state index contributed by atoms with van der Waals surface area (Å²) in [6, 6.07) is 0. The summed E-state index contributed by atoms with van der Waals surface area (Å²) in [5.74, 6) is 1.69. The predicted molar refractivity (Wildman–Crippen MR) is 88.9 cm³/mol. The first-order chi connectivity index (χ1) is 10.7. The molecule has 0 aliphatic carbocycles. The van der Waals surface area contributed by atoms with Crippen LogP contribution in [0.2, 0.25) is 0 Å². The number of thioether (sulfide) groups is 1. The summed E-state index contributed by atoms with van der Waals surface area (Å²) in [6.07, 6.45) is 4.62. The maximum atomic E-state index is 4.70. The Bertz CT molecular complexity index is 589. The highest BCUT2D eigenvalue weighted by Gasteiger charge is 2.13. The monoisotopic (exact) mass is 322 g/mol. The third-order valence-electron chi connectivity index (χ3n) is 3.82. The predicted octanol–water partition coefficient (Wildman–Crippen LogP) is 3.38. The molecule has 22 heavy (non-hydrogen) atoms. The molecule has 2 heterocycles. The Hall–Kier alpha value is -1.37. The van der Waals surface area contributed by atoms with Crippen molar-refractivity contribution in [2.45, 2.75) is 77.4 Å². The van der Waals surface area contributed by atoms with Crippen molar-refractivity contribution in [1.29, 1.82) is 0 Å². The summed E-state index contributed by atoms with van der Waals surface area (Å²) in [4.78, 5) is 4.70. The van der Waals surface area contributed by atoms with E-state index >= 15 is 0 Å². The molecular weight excluding hydrogens is 296 g/mol. The van der Waals surface area contributed by atoms with Crippen molar-refractivity contribution in [3.05, 3.63) is 17.2 Å².